The predicted octanol–water partition coefficient (Wildman–Crippen LogP) is 3.75. The van der Waals surface area contributed by atoms with Crippen molar-refractivity contribution in [1.82, 2.24) is 0 Å². The van der Waals surface area contributed by atoms with Gasteiger partial charge in [0.15, 0.2) is 0 Å². The van der Waals surface area contributed by atoms with Crippen LogP contribution >= 0.6 is 0 Å². The summed E-state index contributed by atoms with van der Waals surface area (Å²) in [6.45, 7) is 2.56. The molecule has 2 rings (SSSR count). The first-order valence-electron chi connectivity index (χ1n) is 7.88. The topological polar surface area (TPSA) is 56.8 Å². The maximum absolute atomic E-state index is 12.1. The minimum Gasteiger partial charge on any atom is -0.493 e. The summed E-state index contributed by atoms with van der Waals surface area (Å²) >= 11 is 0. The summed E-state index contributed by atoms with van der Waals surface area (Å²) in [7, 11) is 3.51. The molecule has 5 nitrogen and oxygen atoms in total. The Bertz CT molecular complexity index is 637. The van der Waals surface area contributed by atoms with Crippen molar-refractivity contribution in [2.45, 2.75) is 19.4 Å². The van der Waals surface area contributed by atoms with Crippen molar-refractivity contribution in [3.63, 3.8) is 0 Å². The second-order valence-electron chi connectivity index (χ2n) is 5.37. The number of carbonyl (C=O) groups is 1. The first-order valence-corrected chi connectivity index (χ1v) is 7.88. The van der Waals surface area contributed by atoms with Gasteiger partial charge in [0.2, 0.25) is 0 Å². The minimum absolute atomic E-state index is 0.161. The summed E-state index contributed by atoms with van der Waals surface area (Å²) in [5.41, 5.74) is 1.43. The molecule has 0 saturated heterocycles. The number of hydrogen-bond acceptors (Lipinski definition) is 5. The third kappa shape index (κ3) is 5.28. The largest absolute Gasteiger partial charge is 0.493 e. The maximum atomic E-state index is 12.1. The SMILES string of the molecule is CNc1ccc(OC(=O)c2ccc(OCCC(C)OC)cc2)cc1. The zero-order chi connectivity index (χ0) is 17.4. The molecule has 24 heavy (non-hydrogen) atoms. The van der Waals surface area contributed by atoms with Crippen molar-refractivity contribution in [2.24, 2.45) is 0 Å². The van der Waals surface area contributed by atoms with Crippen LogP contribution in [0.1, 0.15) is 23.7 Å². The lowest BCUT2D eigenvalue weighted by Gasteiger charge is -2.11. The average molecular weight is 329 g/mol. The monoisotopic (exact) mass is 329 g/mol. The fourth-order valence-corrected chi connectivity index (χ4v) is 2.00. The number of methoxy groups -OCH3 is 1. The van der Waals surface area contributed by atoms with Crippen LogP contribution in [0.4, 0.5) is 5.69 Å². The van der Waals surface area contributed by atoms with Crippen molar-refractivity contribution >= 4 is 11.7 Å². The average Bonchev–Trinajstić information content (AvgIpc) is 2.62. The van der Waals surface area contributed by atoms with Gasteiger partial charge in [-0.25, -0.2) is 4.79 Å². The zero-order valence-electron chi connectivity index (χ0n) is 14.2. The highest BCUT2D eigenvalue weighted by Crippen LogP contribution is 2.18. The Hall–Kier alpha value is -2.53. The van der Waals surface area contributed by atoms with Gasteiger partial charge in [0.1, 0.15) is 11.5 Å². The van der Waals surface area contributed by atoms with Crippen LogP contribution in [0.3, 0.4) is 0 Å². The van der Waals surface area contributed by atoms with E-state index in [1.807, 2.05) is 26.1 Å². The molecule has 0 saturated carbocycles. The molecule has 0 radical (unpaired) electrons. The van der Waals surface area contributed by atoms with E-state index >= 15 is 0 Å². The van der Waals surface area contributed by atoms with Gasteiger partial charge in [0, 0.05) is 26.3 Å². The number of benzene rings is 2. The second kappa shape index (κ2) is 8.93. The molecule has 2 aromatic rings. The predicted molar refractivity (Wildman–Crippen MR) is 94.0 cm³/mol. The molecule has 1 N–H and O–H groups in total. The first kappa shape index (κ1) is 17.8. The van der Waals surface area contributed by atoms with Crippen molar-refractivity contribution in [3.8, 4) is 11.5 Å². The third-order valence-electron chi connectivity index (χ3n) is 3.64. The van der Waals surface area contributed by atoms with Crippen LogP contribution in [0, 0.1) is 0 Å². The first-order chi connectivity index (χ1) is 11.6. The molecule has 0 aliphatic rings. The van der Waals surface area contributed by atoms with Gasteiger partial charge in [-0.15, -0.1) is 0 Å². The summed E-state index contributed by atoms with van der Waals surface area (Å²) in [4.78, 5) is 12.1. The fourth-order valence-electron chi connectivity index (χ4n) is 2.00. The molecule has 0 bridgehead atoms. The van der Waals surface area contributed by atoms with Crippen LogP contribution in [0.25, 0.3) is 0 Å². The highest BCUT2D eigenvalue weighted by atomic mass is 16.5. The Balaban J connectivity index is 1.88. The van der Waals surface area contributed by atoms with Gasteiger partial charge in [-0.1, -0.05) is 0 Å². The van der Waals surface area contributed by atoms with Crippen LogP contribution in [0.15, 0.2) is 48.5 Å². The van der Waals surface area contributed by atoms with E-state index in [1.54, 1.807) is 43.5 Å². The van der Waals surface area contributed by atoms with Crippen LogP contribution in [-0.4, -0.2) is 32.8 Å². The molecule has 2 aromatic carbocycles. The molecular formula is C19H23NO4. The standard InChI is InChI=1S/C19H23NO4/c1-14(22-3)12-13-23-17-8-4-15(5-9-17)19(21)24-18-10-6-16(20-2)7-11-18/h4-11,14,20H,12-13H2,1-3H3. The normalized spacial score (nSPS) is 11.6. The van der Waals surface area contributed by atoms with Gasteiger partial charge in [0.25, 0.3) is 0 Å². The molecule has 1 atom stereocenters. The molecule has 1 unspecified atom stereocenters. The number of hydrogen-bond donors (Lipinski definition) is 1. The maximum Gasteiger partial charge on any atom is 0.343 e. The molecule has 0 aliphatic heterocycles. The van der Waals surface area contributed by atoms with E-state index in [4.69, 9.17) is 14.2 Å². The van der Waals surface area contributed by atoms with E-state index in [2.05, 4.69) is 5.32 Å². The van der Waals surface area contributed by atoms with E-state index in [0.717, 1.165) is 12.1 Å². The lowest BCUT2D eigenvalue weighted by molar-refractivity contribution is 0.0735. The molecule has 0 fully saturated rings. The van der Waals surface area contributed by atoms with Crippen LogP contribution < -0.4 is 14.8 Å². The van der Waals surface area contributed by atoms with Crippen molar-refractivity contribution in [3.05, 3.63) is 54.1 Å². The zero-order valence-corrected chi connectivity index (χ0v) is 14.2. The van der Waals surface area contributed by atoms with Crippen LogP contribution in [0.2, 0.25) is 0 Å². The molecule has 128 valence electrons. The fraction of sp³-hybridized carbons (Fsp3) is 0.316. The summed E-state index contributed by atoms with van der Waals surface area (Å²) in [5, 5.41) is 3.01. The molecule has 0 aromatic heterocycles. The molecule has 0 heterocycles. The molecule has 0 aliphatic carbocycles. The van der Waals surface area contributed by atoms with Gasteiger partial charge in [0.05, 0.1) is 18.3 Å². The summed E-state index contributed by atoms with van der Waals surface area (Å²) in [6, 6.07) is 14.1. The Morgan fingerprint density at radius 2 is 1.67 bits per heavy atom. The lowest BCUT2D eigenvalue weighted by Crippen LogP contribution is -2.11. The van der Waals surface area contributed by atoms with Gasteiger partial charge < -0.3 is 19.5 Å². The number of rotatable bonds is 8. The Morgan fingerprint density at radius 1 is 1.04 bits per heavy atom. The highest BCUT2D eigenvalue weighted by molar-refractivity contribution is 5.91. The van der Waals surface area contributed by atoms with E-state index in [0.29, 0.717) is 23.7 Å². The van der Waals surface area contributed by atoms with Crippen LogP contribution in [0.5, 0.6) is 11.5 Å². The van der Waals surface area contributed by atoms with Gasteiger partial charge >= 0.3 is 5.97 Å². The van der Waals surface area contributed by atoms with E-state index < -0.39 is 5.97 Å². The van der Waals surface area contributed by atoms with Crippen molar-refractivity contribution in [2.75, 3.05) is 26.1 Å². The highest BCUT2D eigenvalue weighted by Gasteiger charge is 2.09. The Kier molecular flexibility index (Phi) is 6.63. The minimum atomic E-state index is -0.397. The number of ether oxygens (including phenoxy) is 3. The van der Waals surface area contributed by atoms with E-state index in [-0.39, 0.29) is 6.10 Å². The quantitative estimate of drug-likeness (QED) is 0.590. The Labute approximate surface area is 142 Å². The van der Waals surface area contributed by atoms with Crippen molar-refractivity contribution in [1.29, 1.82) is 0 Å². The number of esters is 1. The van der Waals surface area contributed by atoms with Gasteiger partial charge in [-0.3, -0.25) is 0 Å². The lowest BCUT2D eigenvalue weighted by atomic mass is 10.2. The summed E-state index contributed by atoms with van der Waals surface area (Å²) in [5.74, 6) is 0.827. The van der Waals surface area contributed by atoms with Gasteiger partial charge in [-0.2, -0.15) is 0 Å². The van der Waals surface area contributed by atoms with E-state index in [1.165, 1.54) is 0 Å². The molecule has 0 spiro atoms. The van der Waals surface area contributed by atoms with E-state index in [9.17, 15) is 4.79 Å². The molecule has 0 amide bonds. The van der Waals surface area contributed by atoms with Crippen LogP contribution in [-0.2, 0) is 4.74 Å². The third-order valence-corrected chi connectivity index (χ3v) is 3.64. The number of nitrogens with one attached hydrogen (secondary N) is 1. The van der Waals surface area contributed by atoms with Gasteiger partial charge in [-0.05, 0) is 55.5 Å². The smallest absolute Gasteiger partial charge is 0.343 e. The number of anilines is 1. The Morgan fingerprint density at radius 3 is 2.25 bits per heavy atom. The molecular weight excluding hydrogens is 306 g/mol. The summed E-state index contributed by atoms with van der Waals surface area (Å²) in [6.07, 6.45) is 0.969. The molecule has 5 heteroatoms. The van der Waals surface area contributed by atoms with Crippen molar-refractivity contribution < 1.29 is 19.0 Å². The summed E-state index contributed by atoms with van der Waals surface area (Å²) < 4.78 is 16.1. The number of carbonyl (C=O) groups excluding carboxylic acids is 1. The second-order valence-corrected chi connectivity index (χ2v) is 5.37.